The fraction of sp³-hybridized carbons (Fsp3) is 0.429. The van der Waals surface area contributed by atoms with Crippen molar-refractivity contribution in [3.05, 3.63) is 24.3 Å². The van der Waals surface area contributed by atoms with Crippen molar-refractivity contribution in [1.82, 2.24) is 0 Å². The van der Waals surface area contributed by atoms with Gasteiger partial charge in [-0.1, -0.05) is 13.8 Å². The molecule has 98 valence electrons. The molecule has 4 heteroatoms. The van der Waals surface area contributed by atoms with E-state index in [1.165, 1.54) is 0 Å². The van der Waals surface area contributed by atoms with Crippen LogP contribution in [0.2, 0.25) is 0 Å². The van der Waals surface area contributed by atoms with Crippen molar-refractivity contribution >= 4 is 23.2 Å². The smallest absolute Gasteiger partial charge is 0.226 e. The van der Waals surface area contributed by atoms with Crippen LogP contribution < -0.4 is 9.80 Å². The summed E-state index contributed by atoms with van der Waals surface area (Å²) in [6.45, 7) is 3.67. The van der Waals surface area contributed by atoms with Crippen LogP contribution in [0.3, 0.4) is 0 Å². The quantitative estimate of drug-likeness (QED) is 0.821. The topological polar surface area (TPSA) is 40.6 Å². The molecule has 2 amide bonds. The standard InChI is InChI=1S/C14H20N2O2/c1-5-13(17)15(3)11-7-9-12(10-8-11)16(4)14(18)6-2/h7-10H,5-6H2,1-4H3. The van der Waals surface area contributed by atoms with Gasteiger partial charge in [-0.2, -0.15) is 0 Å². The second-order valence-corrected chi connectivity index (χ2v) is 4.13. The van der Waals surface area contributed by atoms with Crippen LogP contribution in [0.5, 0.6) is 0 Å². The van der Waals surface area contributed by atoms with E-state index in [4.69, 9.17) is 0 Å². The molecule has 0 aliphatic heterocycles. The van der Waals surface area contributed by atoms with E-state index in [1.807, 2.05) is 38.1 Å². The highest BCUT2D eigenvalue weighted by Crippen LogP contribution is 2.20. The van der Waals surface area contributed by atoms with Gasteiger partial charge in [0.25, 0.3) is 0 Å². The molecule has 0 atom stereocenters. The van der Waals surface area contributed by atoms with Gasteiger partial charge >= 0.3 is 0 Å². The van der Waals surface area contributed by atoms with Crippen molar-refractivity contribution in [2.24, 2.45) is 0 Å². The van der Waals surface area contributed by atoms with Crippen molar-refractivity contribution in [2.75, 3.05) is 23.9 Å². The van der Waals surface area contributed by atoms with Crippen LogP contribution >= 0.6 is 0 Å². The Morgan fingerprint density at radius 3 is 1.33 bits per heavy atom. The van der Waals surface area contributed by atoms with Crippen molar-refractivity contribution in [3.63, 3.8) is 0 Å². The lowest BCUT2D eigenvalue weighted by Gasteiger charge is -2.20. The Morgan fingerprint density at radius 1 is 0.833 bits per heavy atom. The average molecular weight is 248 g/mol. The number of carbonyl (C=O) groups excluding carboxylic acids is 2. The highest BCUT2D eigenvalue weighted by Gasteiger charge is 2.11. The molecule has 0 saturated heterocycles. The minimum atomic E-state index is 0.0701. The van der Waals surface area contributed by atoms with E-state index < -0.39 is 0 Å². The molecular weight excluding hydrogens is 228 g/mol. The van der Waals surface area contributed by atoms with E-state index >= 15 is 0 Å². The lowest BCUT2D eigenvalue weighted by atomic mass is 10.2. The Balaban J connectivity index is 2.86. The molecule has 1 aromatic rings. The summed E-state index contributed by atoms with van der Waals surface area (Å²) < 4.78 is 0. The van der Waals surface area contributed by atoms with Gasteiger partial charge in [0.2, 0.25) is 11.8 Å². The maximum Gasteiger partial charge on any atom is 0.226 e. The molecule has 0 spiro atoms. The summed E-state index contributed by atoms with van der Waals surface area (Å²) in [5.41, 5.74) is 1.67. The van der Waals surface area contributed by atoms with Gasteiger partial charge < -0.3 is 9.80 Å². The molecular formula is C14H20N2O2. The number of hydrogen-bond donors (Lipinski definition) is 0. The number of amides is 2. The SMILES string of the molecule is CCC(=O)N(C)c1ccc(N(C)C(=O)CC)cc1. The van der Waals surface area contributed by atoms with Gasteiger partial charge in [0.1, 0.15) is 0 Å². The van der Waals surface area contributed by atoms with Gasteiger partial charge in [-0.3, -0.25) is 9.59 Å². The monoisotopic (exact) mass is 248 g/mol. The molecule has 4 nitrogen and oxygen atoms in total. The summed E-state index contributed by atoms with van der Waals surface area (Å²) in [6.07, 6.45) is 0.957. The zero-order valence-corrected chi connectivity index (χ0v) is 11.4. The van der Waals surface area contributed by atoms with Crippen molar-refractivity contribution in [1.29, 1.82) is 0 Å². The molecule has 0 unspecified atom stereocenters. The van der Waals surface area contributed by atoms with Gasteiger partial charge in [-0.15, -0.1) is 0 Å². The van der Waals surface area contributed by atoms with Crippen molar-refractivity contribution in [3.8, 4) is 0 Å². The minimum Gasteiger partial charge on any atom is -0.316 e. The summed E-state index contributed by atoms with van der Waals surface area (Å²) in [5.74, 6) is 0.140. The first kappa shape index (κ1) is 14.2. The first-order valence-electron chi connectivity index (χ1n) is 6.14. The third-order valence-electron chi connectivity index (χ3n) is 2.98. The maximum atomic E-state index is 11.5. The Morgan fingerprint density at radius 2 is 1.11 bits per heavy atom. The molecule has 0 bridgehead atoms. The third-order valence-corrected chi connectivity index (χ3v) is 2.98. The van der Waals surface area contributed by atoms with Crippen molar-refractivity contribution < 1.29 is 9.59 Å². The van der Waals surface area contributed by atoms with Crippen LogP contribution in [-0.4, -0.2) is 25.9 Å². The van der Waals surface area contributed by atoms with Gasteiger partial charge in [0.05, 0.1) is 0 Å². The second-order valence-electron chi connectivity index (χ2n) is 4.13. The number of nitrogens with zero attached hydrogens (tertiary/aromatic N) is 2. The maximum absolute atomic E-state index is 11.5. The lowest BCUT2D eigenvalue weighted by Crippen LogP contribution is -2.26. The predicted octanol–water partition coefficient (Wildman–Crippen LogP) is 2.43. The van der Waals surface area contributed by atoms with Crippen LogP contribution in [-0.2, 0) is 9.59 Å². The summed E-state index contributed by atoms with van der Waals surface area (Å²) in [6, 6.07) is 7.40. The molecule has 0 N–H and O–H groups in total. The average Bonchev–Trinajstić information content (AvgIpc) is 2.44. The molecule has 1 aromatic carbocycles. The minimum absolute atomic E-state index is 0.0701. The molecule has 0 heterocycles. The first-order valence-corrected chi connectivity index (χ1v) is 6.14. The van der Waals surface area contributed by atoms with E-state index in [2.05, 4.69) is 0 Å². The van der Waals surface area contributed by atoms with Gasteiger partial charge in [0, 0.05) is 38.3 Å². The van der Waals surface area contributed by atoms with E-state index in [9.17, 15) is 9.59 Å². The van der Waals surface area contributed by atoms with Crippen LogP contribution in [0.25, 0.3) is 0 Å². The van der Waals surface area contributed by atoms with E-state index in [-0.39, 0.29) is 11.8 Å². The Labute approximate surface area is 108 Å². The summed E-state index contributed by atoms with van der Waals surface area (Å²) in [5, 5.41) is 0. The zero-order valence-electron chi connectivity index (χ0n) is 11.4. The largest absolute Gasteiger partial charge is 0.316 e. The third kappa shape index (κ3) is 3.09. The lowest BCUT2D eigenvalue weighted by molar-refractivity contribution is -0.118. The highest BCUT2D eigenvalue weighted by molar-refractivity contribution is 5.94. The van der Waals surface area contributed by atoms with Crippen LogP contribution in [0.15, 0.2) is 24.3 Å². The molecule has 0 saturated carbocycles. The van der Waals surface area contributed by atoms with Crippen LogP contribution in [0.4, 0.5) is 11.4 Å². The Bertz CT molecular complexity index is 385. The number of hydrogen-bond acceptors (Lipinski definition) is 2. The fourth-order valence-corrected chi connectivity index (χ4v) is 1.66. The van der Waals surface area contributed by atoms with Gasteiger partial charge in [-0.05, 0) is 24.3 Å². The zero-order chi connectivity index (χ0) is 13.7. The number of anilines is 2. The normalized spacial score (nSPS) is 10.0. The molecule has 1 rings (SSSR count). The molecule has 0 aliphatic carbocycles. The second kappa shape index (κ2) is 6.19. The first-order chi connectivity index (χ1) is 8.51. The number of rotatable bonds is 4. The van der Waals surface area contributed by atoms with Crippen molar-refractivity contribution in [2.45, 2.75) is 26.7 Å². The number of carbonyl (C=O) groups is 2. The van der Waals surface area contributed by atoms with Gasteiger partial charge in [-0.25, -0.2) is 0 Å². The van der Waals surface area contributed by atoms with E-state index in [0.717, 1.165) is 11.4 Å². The fourth-order valence-electron chi connectivity index (χ4n) is 1.66. The molecule has 0 aliphatic rings. The summed E-state index contributed by atoms with van der Waals surface area (Å²) in [4.78, 5) is 26.3. The van der Waals surface area contributed by atoms with E-state index in [1.54, 1.807) is 23.9 Å². The summed E-state index contributed by atoms with van der Waals surface area (Å²) >= 11 is 0. The Kier molecular flexibility index (Phi) is 4.89. The molecule has 0 aromatic heterocycles. The number of benzene rings is 1. The van der Waals surface area contributed by atoms with Crippen LogP contribution in [0, 0.1) is 0 Å². The molecule has 0 radical (unpaired) electrons. The van der Waals surface area contributed by atoms with E-state index in [0.29, 0.717) is 12.8 Å². The predicted molar refractivity (Wildman–Crippen MR) is 73.8 cm³/mol. The molecule has 18 heavy (non-hydrogen) atoms. The highest BCUT2D eigenvalue weighted by atomic mass is 16.2. The van der Waals surface area contributed by atoms with Crippen LogP contribution in [0.1, 0.15) is 26.7 Å². The Hall–Kier alpha value is -1.84. The van der Waals surface area contributed by atoms with Gasteiger partial charge in [0.15, 0.2) is 0 Å². The molecule has 0 fully saturated rings. The summed E-state index contributed by atoms with van der Waals surface area (Å²) in [7, 11) is 3.50.